The predicted molar refractivity (Wildman–Crippen MR) is 73.8 cm³/mol. The molecule has 18 heavy (non-hydrogen) atoms. The zero-order valence-electron chi connectivity index (χ0n) is 10.6. The summed E-state index contributed by atoms with van der Waals surface area (Å²) >= 11 is 3.49. The fraction of sp³-hybridized carbons (Fsp3) is 0.692. The maximum Gasteiger partial charge on any atom is 0.133 e. The normalized spacial score (nSPS) is 26.7. The van der Waals surface area contributed by atoms with E-state index in [1.165, 1.54) is 12.8 Å². The number of aryl methyl sites for hydroxylation is 1. The van der Waals surface area contributed by atoms with Crippen LogP contribution in [0.15, 0.2) is 10.7 Å². The minimum atomic E-state index is 0.395. The molecule has 0 N–H and O–H groups in total. The van der Waals surface area contributed by atoms with Gasteiger partial charge in [0.2, 0.25) is 0 Å². The Morgan fingerprint density at radius 2 is 2.06 bits per heavy atom. The minimum Gasteiger partial charge on any atom is -0.371 e. The quantitative estimate of drug-likeness (QED) is 0.804. The van der Waals surface area contributed by atoms with E-state index in [0.29, 0.717) is 12.2 Å². The third-order valence-electron chi connectivity index (χ3n) is 3.57. The van der Waals surface area contributed by atoms with Gasteiger partial charge in [0.25, 0.3) is 0 Å². The van der Waals surface area contributed by atoms with Crippen molar-refractivity contribution < 1.29 is 4.74 Å². The van der Waals surface area contributed by atoms with E-state index in [2.05, 4.69) is 37.7 Å². The van der Waals surface area contributed by atoms with Gasteiger partial charge in [0, 0.05) is 25.6 Å². The SMILES string of the molecule is CCCc1nc(Br)cc(N2CC3CCC(C2)O3)n1. The molecule has 2 atom stereocenters. The summed E-state index contributed by atoms with van der Waals surface area (Å²) < 4.78 is 6.74. The lowest BCUT2D eigenvalue weighted by Crippen LogP contribution is -2.43. The molecule has 3 heterocycles. The van der Waals surface area contributed by atoms with Gasteiger partial charge in [-0.05, 0) is 35.2 Å². The first kappa shape index (κ1) is 12.4. The highest BCUT2D eigenvalue weighted by molar-refractivity contribution is 9.10. The molecule has 0 amide bonds. The third kappa shape index (κ3) is 2.52. The third-order valence-corrected chi connectivity index (χ3v) is 3.98. The van der Waals surface area contributed by atoms with Crippen LogP contribution in [0.3, 0.4) is 0 Å². The predicted octanol–water partition coefficient (Wildman–Crippen LogP) is 2.56. The molecule has 5 heteroatoms. The molecule has 0 saturated carbocycles. The molecule has 2 bridgehead atoms. The van der Waals surface area contributed by atoms with Crippen LogP contribution < -0.4 is 4.90 Å². The van der Waals surface area contributed by atoms with E-state index in [4.69, 9.17) is 4.74 Å². The number of halogens is 1. The van der Waals surface area contributed by atoms with Crippen molar-refractivity contribution in [2.75, 3.05) is 18.0 Å². The fourth-order valence-electron chi connectivity index (χ4n) is 2.75. The van der Waals surface area contributed by atoms with Crippen molar-refractivity contribution in [2.24, 2.45) is 0 Å². The summed E-state index contributed by atoms with van der Waals surface area (Å²) in [4.78, 5) is 11.4. The van der Waals surface area contributed by atoms with E-state index in [-0.39, 0.29) is 0 Å². The molecule has 2 aliphatic rings. The van der Waals surface area contributed by atoms with E-state index in [1.807, 2.05) is 6.07 Å². The van der Waals surface area contributed by atoms with E-state index in [0.717, 1.165) is 42.2 Å². The number of rotatable bonds is 3. The van der Waals surface area contributed by atoms with Crippen molar-refractivity contribution in [1.29, 1.82) is 0 Å². The number of ether oxygens (including phenoxy) is 1. The Balaban J connectivity index is 1.82. The summed E-state index contributed by atoms with van der Waals surface area (Å²) in [6.07, 6.45) is 5.18. The smallest absolute Gasteiger partial charge is 0.133 e. The molecule has 0 radical (unpaired) electrons. The van der Waals surface area contributed by atoms with Gasteiger partial charge in [-0.25, -0.2) is 9.97 Å². The van der Waals surface area contributed by atoms with Crippen LogP contribution in [0.2, 0.25) is 0 Å². The first-order chi connectivity index (χ1) is 8.74. The number of nitrogens with zero attached hydrogens (tertiary/aromatic N) is 3. The van der Waals surface area contributed by atoms with Crippen molar-refractivity contribution in [3.05, 3.63) is 16.5 Å². The van der Waals surface area contributed by atoms with Crippen LogP contribution in [0.25, 0.3) is 0 Å². The summed E-state index contributed by atoms with van der Waals surface area (Å²) in [6, 6.07) is 2.02. The van der Waals surface area contributed by atoms with Crippen LogP contribution in [0.4, 0.5) is 5.82 Å². The summed E-state index contributed by atoms with van der Waals surface area (Å²) in [5, 5.41) is 0. The fourth-order valence-corrected chi connectivity index (χ4v) is 3.16. The van der Waals surface area contributed by atoms with Crippen LogP contribution in [0.1, 0.15) is 32.0 Å². The van der Waals surface area contributed by atoms with Gasteiger partial charge in [-0.2, -0.15) is 0 Å². The molecule has 0 aliphatic carbocycles. The molecule has 98 valence electrons. The molecule has 0 spiro atoms. The molecule has 1 aromatic rings. The Kier molecular flexibility index (Phi) is 3.52. The largest absolute Gasteiger partial charge is 0.371 e. The van der Waals surface area contributed by atoms with Crippen LogP contribution in [-0.4, -0.2) is 35.3 Å². The topological polar surface area (TPSA) is 38.2 Å². The molecule has 2 saturated heterocycles. The second-order valence-corrected chi connectivity index (χ2v) is 5.89. The maximum absolute atomic E-state index is 5.86. The van der Waals surface area contributed by atoms with Gasteiger partial charge in [-0.1, -0.05) is 6.92 Å². The highest BCUT2D eigenvalue weighted by atomic mass is 79.9. The molecule has 2 unspecified atom stereocenters. The van der Waals surface area contributed by atoms with Gasteiger partial charge < -0.3 is 9.64 Å². The minimum absolute atomic E-state index is 0.395. The summed E-state index contributed by atoms with van der Waals surface area (Å²) in [7, 11) is 0. The van der Waals surface area contributed by atoms with Gasteiger partial charge in [-0.15, -0.1) is 0 Å². The van der Waals surface area contributed by atoms with Crippen molar-refractivity contribution in [3.63, 3.8) is 0 Å². The number of hydrogen-bond donors (Lipinski definition) is 0. The van der Waals surface area contributed by atoms with Crippen LogP contribution in [0.5, 0.6) is 0 Å². The van der Waals surface area contributed by atoms with Gasteiger partial charge in [0.05, 0.1) is 12.2 Å². The number of fused-ring (bicyclic) bond motifs is 2. The Bertz CT molecular complexity index is 428. The van der Waals surface area contributed by atoms with Gasteiger partial charge in [0.15, 0.2) is 0 Å². The van der Waals surface area contributed by atoms with Gasteiger partial charge in [0.1, 0.15) is 16.2 Å². The standard InChI is InChI=1S/C13H18BrN3O/c1-2-3-12-15-11(14)6-13(16-12)17-7-9-4-5-10(8-17)18-9/h6,9-10H,2-5,7-8H2,1H3. The summed E-state index contributed by atoms with van der Waals surface area (Å²) in [5.74, 6) is 1.97. The first-order valence-electron chi connectivity index (χ1n) is 6.68. The number of anilines is 1. The highest BCUT2D eigenvalue weighted by Gasteiger charge is 2.34. The average molecular weight is 312 g/mol. The van der Waals surface area contributed by atoms with Crippen molar-refractivity contribution >= 4 is 21.7 Å². The van der Waals surface area contributed by atoms with E-state index >= 15 is 0 Å². The van der Waals surface area contributed by atoms with Crippen LogP contribution >= 0.6 is 15.9 Å². The lowest BCUT2D eigenvalue weighted by molar-refractivity contribution is 0.0302. The van der Waals surface area contributed by atoms with E-state index < -0.39 is 0 Å². The lowest BCUT2D eigenvalue weighted by Gasteiger charge is -2.33. The molecule has 4 nitrogen and oxygen atoms in total. The average Bonchev–Trinajstić information content (AvgIpc) is 2.68. The lowest BCUT2D eigenvalue weighted by atomic mass is 10.2. The Morgan fingerprint density at radius 1 is 1.33 bits per heavy atom. The second-order valence-electron chi connectivity index (χ2n) is 5.08. The Morgan fingerprint density at radius 3 is 2.72 bits per heavy atom. The number of aromatic nitrogens is 2. The summed E-state index contributed by atoms with van der Waals surface area (Å²) in [6.45, 7) is 4.08. The van der Waals surface area contributed by atoms with E-state index in [9.17, 15) is 0 Å². The van der Waals surface area contributed by atoms with Crippen molar-refractivity contribution in [2.45, 2.75) is 44.8 Å². The summed E-state index contributed by atoms with van der Waals surface area (Å²) in [5.41, 5.74) is 0. The molecule has 2 fully saturated rings. The zero-order chi connectivity index (χ0) is 12.5. The van der Waals surface area contributed by atoms with Crippen LogP contribution in [0, 0.1) is 0 Å². The van der Waals surface area contributed by atoms with Gasteiger partial charge >= 0.3 is 0 Å². The molecule has 0 aromatic carbocycles. The zero-order valence-corrected chi connectivity index (χ0v) is 12.2. The van der Waals surface area contributed by atoms with Crippen molar-refractivity contribution in [3.8, 4) is 0 Å². The molecular weight excluding hydrogens is 294 g/mol. The Labute approximate surface area is 116 Å². The van der Waals surface area contributed by atoms with Crippen LogP contribution in [-0.2, 0) is 11.2 Å². The van der Waals surface area contributed by atoms with Gasteiger partial charge in [-0.3, -0.25) is 0 Å². The highest BCUT2D eigenvalue weighted by Crippen LogP contribution is 2.29. The molecule has 2 aliphatic heterocycles. The first-order valence-corrected chi connectivity index (χ1v) is 7.47. The molecular formula is C13H18BrN3O. The maximum atomic E-state index is 5.86. The molecule has 1 aromatic heterocycles. The second kappa shape index (κ2) is 5.13. The monoisotopic (exact) mass is 311 g/mol. The Hall–Kier alpha value is -0.680. The number of morpholine rings is 1. The number of hydrogen-bond acceptors (Lipinski definition) is 4. The van der Waals surface area contributed by atoms with E-state index in [1.54, 1.807) is 0 Å². The van der Waals surface area contributed by atoms with Crippen molar-refractivity contribution in [1.82, 2.24) is 9.97 Å². The molecule has 3 rings (SSSR count).